The highest BCUT2D eigenvalue weighted by Crippen LogP contribution is 2.50. The van der Waals surface area contributed by atoms with Crippen LogP contribution < -0.4 is 0 Å². The Morgan fingerprint density at radius 3 is 2.25 bits per heavy atom. The van der Waals surface area contributed by atoms with Gasteiger partial charge >= 0.3 is 0 Å². The van der Waals surface area contributed by atoms with Crippen molar-refractivity contribution in [1.82, 2.24) is 0 Å². The molecule has 4 rings (SSSR count). The van der Waals surface area contributed by atoms with Crippen molar-refractivity contribution in [1.29, 1.82) is 0 Å². The minimum absolute atomic E-state index is 0.0483. The molecule has 3 heteroatoms. The molecule has 2 atom stereocenters. The fourth-order valence-electron chi connectivity index (χ4n) is 3.42. The Morgan fingerprint density at radius 1 is 0.875 bits per heavy atom. The Labute approximate surface area is 160 Å². The summed E-state index contributed by atoms with van der Waals surface area (Å²) in [5.74, 6) is 0. The van der Waals surface area contributed by atoms with Gasteiger partial charge in [0.15, 0.2) is 0 Å². The summed E-state index contributed by atoms with van der Waals surface area (Å²) in [4.78, 5) is 0. The normalized spacial score (nSPS) is 22.3. The first kappa shape index (κ1) is 16.1. The van der Waals surface area contributed by atoms with Gasteiger partial charge in [0.1, 0.15) is 11.7 Å². The molecule has 3 aromatic carbocycles. The van der Waals surface area contributed by atoms with Crippen LogP contribution in [-0.4, -0.2) is 4.43 Å². The second-order valence-electron chi connectivity index (χ2n) is 5.96. The Bertz CT molecular complexity index is 847. The van der Waals surface area contributed by atoms with Crippen LogP contribution in [0.1, 0.15) is 28.4 Å². The molecule has 0 spiro atoms. The third kappa shape index (κ3) is 2.57. The quantitative estimate of drug-likeness (QED) is 0.347. The molecule has 1 nitrogen and oxygen atoms in total. The first-order chi connectivity index (χ1) is 11.7. The maximum absolute atomic E-state index is 6.73. The summed E-state index contributed by atoms with van der Waals surface area (Å²) in [6.45, 7) is 0. The number of hydrogen-bond donors (Lipinski definition) is 0. The number of rotatable bonds is 3. The molecule has 0 amide bonds. The van der Waals surface area contributed by atoms with Crippen LogP contribution >= 0.6 is 34.2 Å². The SMILES string of the molecule is Clc1ccc(C2(CI)OC(c3ccccc3)c3ccccc32)cc1. The van der Waals surface area contributed by atoms with Crippen LogP contribution in [0.5, 0.6) is 0 Å². The average Bonchev–Trinajstić information content (AvgIpc) is 2.99. The highest BCUT2D eigenvalue weighted by atomic mass is 127. The van der Waals surface area contributed by atoms with Crippen molar-refractivity contribution in [2.45, 2.75) is 11.7 Å². The summed E-state index contributed by atoms with van der Waals surface area (Å²) >= 11 is 8.51. The second-order valence-corrected chi connectivity index (χ2v) is 7.16. The van der Waals surface area contributed by atoms with Crippen LogP contribution in [0.4, 0.5) is 0 Å². The number of halogens is 2. The monoisotopic (exact) mass is 446 g/mol. The minimum atomic E-state index is -0.442. The van der Waals surface area contributed by atoms with Gasteiger partial charge in [0, 0.05) is 9.45 Å². The van der Waals surface area contributed by atoms with Crippen LogP contribution in [0.2, 0.25) is 5.02 Å². The lowest BCUT2D eigenvalue weighted by Crippen LogP contribution is -2.29. The molecule has 0 N–H and O–H groups in total. The van der Waals surface area contributed by atoms with Crippen molar-refractivity contribution in [2.24, 2.45) is 0 Å². The van der Waals surface area contributed by atoms with Gasteiger partial charge in [-0.05, 0) is 34.4 Å². The van der Waals surface area contributed by atoms with E-state index >= 15 is 0 Å². The molecule has 1 aliphatic heterocycles. The Balaban J connectivity index is 1.89. The van der Waals surface area contributed by atoms with Gasteiger partial charge in [-0.25, -0.2) is 0 Å². The van der Waals surface area contributed by atoms with E-state index in [1.54, 1.807) is 0 Å². The summed E-state index contributed by atoms with van der Waals surface area (Å²) in [6.07, 6.45) is -0.0483. The largest absolute Gasteiger partial charge is 0.352 e. The van der Waals surface area contributed by atoms with Gasteiger partial charge in [-0.15, -0.1) is 0 Å². The van der Waals surface area contributed by atoms with Crippen molar-refractivity contribution in [3.63, 3.8) is 0 Å². The number of hydrogen-bond acceptors (Lipinski definition) is 1. The highest BCUT2D eigenvalue weighted by molar-refractivity contribution is 14.1. The summed E-state index contributed by atoms with van der Waals surface area (Å²) in [5.41, 5.74) is 4.38. The van der Waals surface area contributed by atoms with E-state index in [4.69, 9.17) is 16.3 Å². The number of alkyl halides is 1. The number of ether oxygens (including phenoxy) is 1. The molecule has 1 heterocycles. The van der Waals surface area contributed by atoms with Crippen molar-refractivity contribution >= 4 is 34.2 Å². The zero-order chi connectivity index (χ0) is 16.6. The Hall–Kier alpha value is -1.36. The molecule has 0 saturated carbocycles. The lowest BCUT2D eigenvalue weighted by Gasteiger charge is -2.29. The molecule has 0 saturated heterocycles. The van der Waals surface area contributed by atoms with Gasteiger partial charge in [-0.2, -0.15) is 0 Å². The van der Waals surface area contributed by atoms with Crippen molar-refractivity contribution in [3.8, 4) is 0 Å². The third-order valence-corrected chi connectivity index (χ3v) is 5.92. The maximum Gasteiger partial charge on any atom is 0.129 e. The molecule has 0 aromatic heterocycles. The summed E-state index contributed by atoms with van der Waals surface area (Å²) < 4.78 is 7.57. The van der Waals surface area contributed by atoms with Gasteiger partial charge in [-0.1, -0.05) is 101 Å². The highest BCUT2D eigenvalue weighted by Gasteiger charge is 2.45. The zero-order valence-corrected chi connectivity index (χ0v) is 15.9. The van der Waals surface area contributed by atoms with Crippen molar-refractivity contribution < 1.29 is 4.74 Å². The zero-order valence-electron chi connectivity index (χ0n) is 13.0. The first-order valence-corrected chi connectivity index (χ1v) is 9.79. The molecule has 0 aliphatic carbocycles. The van der Waals surface area contributed by atoms with Crippen LogP contribution in [0.3, 0.4) is 0 Å². The Morgan fingerprint density at radius 2 is 1.54 bits per heavy atom. The summed E-state index contributed by atoms with van der Waals surface area (Å²) in [6, 6.07) is 27.0. The molecule has 0 radical (unpaired) electrons. The summed E-state index contributed by atoms with van der Waals surface area (Å²) in [7, 11) is 0. The minimum Gasteiger partial charge on any atom is -0.352 e. The molecule has 120 valence electrons. The van der Waals surface area contributed by atoms with Crippen LogP contribution in [0.25, 0.3) is 0 Å². The van der Waals surface area contributed by atoms with Gasteiger partial charge in [0.05, 0.1) is 0 Å². The van der Waals surface area contributed by atoms with Gasteiger partial charge in [0.25, 0.3) is 0 Å². The summed E-state index contributed by atoms with van der Waals surface area (Å²) in [5, 5.41) is 0.744. The predicted octanol–water partition coefficient (Wildman–Crippen LogP) is 6.14. The van der Waals surface area contributed by atoms with Gasteiger partial charge < -0.3 is 4.74 Å². The fourth-order valence-corrected chi connectivity index (χ4v) is 4.58. The topological polar surface area (TPSA) is 9.23 Å². The van der Waals surface area contributed by atoms with E-state index in [9.17, 15) is 0 Å². The lowest BCUT2D eigenvalue weighted by atomic mass is 9.86. The molecule has 0 fully saturated rings. The molecule has 3 aromatic rings. The Kier molecular flexibility index (Phi) is 4.37. The van der Waals surface area contributed by atoms with E-state index in [1.165, 1.54) is 16.7 Å². The van der Waals surface area contributed by atoms with Crippen molar-refractivity contribution in [2.75, 3.05) is 4.43 Å². The van der Waals surface area contributed by atoms with Crippen LogP contribution in [0, 0.1) is 0 Å². The average molecular weight is 447 g/mol. The van der Waals surface area contributed by atoms with Gasteiger partial charge in [0.2, 0.25) is 0 Å². The number of fused-ring (bicyclic) bond motifs is 1. The molecule has 24 heavy (non-hydrogen) atoms. The van der Waals surface area contributed by atoms with Gasteiger partial charge in [-0.3, -0.25) is 0 Å². The molecular weight excluding hydrogens is 431 g/mol. The fraction of sp³-hybridized carbons (Fsp3) is 0.143. The van der Waals surface area contributed by atoms with Crippen LogP contribution in [0.15, 0.2) is 78.9 Å². The second kappa shape index (κ2) is 6.51. The van der Waals surface area contributed by atoms with E-state index < -0.39 is 5.60 Å². The molecular formula is C21H16ClIO. The first-order valence-electron chi connectivity index (χ1n) is 7.89. The van der Waals surface area contributed by atoms with Crippen molar-refractivity contribution in [3.05, 3.63) is 106 Å². The molecule has 1 aliphatic rings. The van der Waals surface area contributed by atoms with E-state index in [1.807, 2.05) is 18.2 Å². The smallest absolute Gasteiger partial charge is 0.129 e. The van der Waals surface area contributed by atoms with E-state index in [0.29, 0.717) is 0 Å². The van der Waals surface area contributed by atoms with Crippen LogP contribution in [-0.2, 0) is 10.3 Å². The number of benzene rings is 3. The molecule has 2 unspecified atom stereocenters. The lowest BCUT2D eigenvalue weighted by molar-refractivity contribution is -0.0124. The maximum atomic E-state index is 6.73. The standard InChI is InChI=1S/C21H16ClIO/c22-17-12-10-16(11-13-17)21(14-23)19-9-5-4-8-18(19)20(24-21)15-6-2-1-3-7-15/h1-13,20H,14H2. The van der Waals surface area contributed by atoms with E-state index in [-0.39, 0.29) is 6.10 Å². The molecule has 0 bridgehead atoms. The predicted molar refractivity (Wildman–Crippen MR) is 107 cm³/mol. The van der Waals surface area contributed by atoms with E-state index in [0.717, 1.165) is 15.0 Å². The third-order valence-electron chi connectivity index (χ3n) is 4.60. The van der Waals surface area contributed by atoms with E-state index in [2.05, 4.69) is 83.3 Å².